The van der Waals surface area contributed by atoms with Gasteiger partial charge in [0.15, 0.2) is 0 Å². The van der Waals surface area contributed by atoms with Gasteiger partial charge in [0, 0.05) is 44.4 Å². The molecule has 142 valence electrons. The minimum absolute atomic E-state index is 0.0165. The van der Waals surface area contributed by atoms with Crippen LogP contribution in [0.5, 0.6) is 0 Å². The van der Waals surface area contributed by atoms with Crippen LogP contribution in [-0.2, 0) is 4.79 Å². The van der Waals surface area contributed by atoms with E-state index in [0.29, 0.717) is 37.4 Å². The molecular formula is C20H29N3O3. The first kappa shape index (κ1) is 18.8. The molecule has 0 unspecified atom stereocenters. The van der Waals surface area contributed by atoms with E-state index in [0.717, 1.165) is 12.8 Å². The highest BCUT2D eigenvalue weighted by molar-refractivity contribution is 5.94. The number of carbonyl (C=O) groups excluding carboxylic acids is 2. The van der Waals surface area contributed by atoms with Gasteiger partial charge in [-0.15, -0.1) is 0 Å². The number of hydrogen-bond donors (Lipinski definition) is 2. The molecule has 1 aromatic heterocycles. The number of rotatable bonds is 5. The van der Waals surface area contributed by atoms with Crippen molar-refractivity contribution in [1.82, 2.24) is 15.2 Å². The number of aliphatic hydroxyl groups excluding tert-OH is 1. The summed E-state index contributed by atoms with van der Waals surface area (Å²) in [6.45, 7) is 1.15. The number of nitrogens with zero attached hydrogens (tertiary/aromatic N) is 2. The Morgan fingerprint density at radius 2 is 2.04 bits per heavy atom. The average Bonchev–Trinajstić information content (AvgIpc) is 2.69. The molecule has 3 rings (SSSR count). The lowest BCUT2D eigenvalue weighted by Gasteiger charge is -2.39. The first-order valence-electron chi connectivity index (χ1n) is 9.77. The van der Waals surface area contributed by atoms with Crippen LogP contribution in [0.15, 0.2) is 24.5 Å². The molecule has 1 aromatic rings. The largest absolute Gasteiger partial charge is 0.396 e. The van der Waals surface area contributed by atoms with Crippen molar-refractivity contribution >= 4 is 11.8 Å². The smallest absolute Gasteiger partial charge is 0.253 e. The molecule has 2 N–H and O–H groups in total. The molecule has 2 heterocycles. The van der Waals surface area contributed by atoms with Gasteiger partial charge in [0.05, 0.1) is 11.6 Å². The van der Waals surface area contributed by atoms with Crippen molar-refractivity contribution in [2.24, 2.45) is 11.8 Å². The number of aromatic nitrogens is 1. The van der Waals surface area contributed by atoms with Crippen molar-refractivity contribution < 1.29 is 14.7 Å². The number of nitrogens with one attached hydrogen (secondary N) is 1. The highest BCUT2D eigenvalue weighted by Gasteiger charge is 2.33. The molecule has 0 bridgehead atoms. The van der Waals surface area contributed by atoms with E-state index in [2.05, 4.69) is 10.3 Å². The second-order valence-electron chi connectivity index (χ2n) is 7.60. The SMILES string of the molecule is O=C(N[C@@H]1CN(C(=O)CC2CCCCC2)CC[C@@H]1CO)c1cccnc1. The average molecular weight is 359 g/mol. The molecule has 0 spiro atoms. The number of likely N-dealkylation sites (tertiary alicyclic amines) is 1. The molecule has 6 heteroatoms. The van der Waals surface area contributed by atoms with Gasteiger partial charge in [-0.05, 0) is 37.3 Å². The minimum atomic E-state index is -0.225. The molecule has 2 atom stereocenters. The first-order chi connectivity index (χ1) is 12.7. The third-order valence-electron chi connectivity index (χ3n) is 5.77. The topological polar surface area (TPSA) is 82.5 Å². The van der Waals surface area contributed by atoms with Crippen LogP contribution in [0, 0.1) is 11.8 Å². The summed E-state index contributed by atoms with van der Waals surface area (Å²) in [6.07, 6.45) is 10.5. The third kappa shape index (κ3) is 4.81. The van der Waals surface area contributed by atoms with E-state index in [4.69, 9.17) is 0 Å². The van der Waals surface area contributed by atoms with Crippen molar-refractivity contribution in [2.45, 2.75) is 51.0 Å². The fourth-order valence-electron chi connectivity index (χ4n) is 4.13. The summed E-state index contributed by atoms with van der Waals surface area (Å²) in [5.41, 5.74) is 0.495. The zero-order valence-electron chi connectivity index (χ0n) is 15.3. The number of hydrogen-bond acceptors (Lipinski definition) is 4. The number of piperidine rings is 1. The van der Waals surface area contributed by atoms with Crippen LogP contribution in [0.1, 0.15) is 55.3 Å². The van der Waals surface area contributed by atoms with Gasteiger partial charge >= 0.3 is 0 Å². The van der Waals surface area contributed by atoms with E-state index in [9.17, 15) is 14.7 Å². The van der Waals surface area contributed by atoms with Crippen LogP contribution >= 0.6 is 0 Å². The van der Waals surface area contributed by atoms with Crippen LogP contribution in [0.2, 0.25) is 0 Å². The molecule has 1 saturated heterocycles. The molecule has 2 fully saturated rings. The standard InChI is InChI=1S/C20H29N3O3/c24-14-17-8-10-23(19(25)11-15-5-2-1-3-6-15)13-18(17)22-20(26)16-7-4-9-21-12-16/h4,7,9,12,15,17-18,24H,1-3,5-6,8,10-11,13-14H2,(H,22,26)/t17-,18-/m1/s1. The van der Waals surface area contributed by atoms with E-state index >= 15 is 0 Å². The number of pyridine rings is 1. The second-order valence-corrected chi connectivity index (χ2v) is 7.60. The Balaban J connectivity index is 1.58. The molecule has 1 saturated carbocycles. The zero-order valence-corrected chi connectivity index (χ0v) is 15.3. The highest BCUT2D eigenvalue weighted by Crippen LogP contribution is 2.28. The lowest BCUT2D eigenvalue weighted by atomic mass is 9.86. The van der Waals surface area contributed by atoms with Crippen LogP contribution in [-0.4, -0.2) is 52.5 Å². The predicted molar refractivity (Wildman–Crippen MR) is 98.5 cm³/mol. The summed E-state index contributed by atoms with van der Waals surface area (Å²) in [5, 5.41) is 12.7. The fraction of sp³-hybridized carbons (Fsp3) is 0.650. The van der Waals surface area contributed by atoms with Gasteiger partial charge in [-0.25, -0.2) is 0 Å². The molecule has 1 aliphatic heterocycles. The van der Waals surface area contributed by atoms with Crippen molar-refractivity contribution in [3.8, 4) is 0 Å². The van der Waals surface area contributed by atoms with Crippen molar-refractivity contribution in [2.75, 3.05) is 19.7 Å². The summed E-state index contributed by atoms with van der Waals surface area (Å²) >= 11 is 0. The van der Waals surface area contributed by atoms with E-state index in [1.807, 2.05) is 4.90 Å². The maximum absolute atomic E-state index is 12.7. The van der Waals surface area contributed by atoms with Gasteiger partial charge in [0.25, 0.3) is 5.91 Å². The Morgan fingerprint density at radius 1 is 1.23 bits per heavy atom. The van der Waals surface area contributed by atoms with Crippen LogP contribution in [0.4, 0.5) is 0 Å². The molecule has 6 nitrogen and oxygen atoms in total. The summed E-state index contributed by atoms with van der Waals surface area (Å²) in [6, 6.07) is 3.21. The summed E-state index contributed by atoms with van der Waals surface area (Å²) in [7, 11) is 0. The zero-order chi connectivity index (χ0) is 18.4. The second kappa shape index (κ2) is 9.12. The lowest BCUT2D eigenvalue weighted by molar-refractivity contribution is -0.134. The number of aliphatic hydroxyl groups is 1. The fourth-order valence-corrected chi connectivity index (χ4v) is 4.13. The van der Waals surface area contributed by atoms with E-state index in [1.165, 1.54) is 25.5 Å². The Hall–Kier alpha value is -1.95. The molecule has 26 heavy (non-hydrogen) atoms. The number of carbonyl (C=O) groups is 2. The van der Waals surface area contributed by atoms with E-state index in [-0.39, 0.29) is 30.4 Å². The normalized spacial score (nSPS) is 24.3. The van der Waals surface area contributed by atoms with Gasteiger partial charge in [0.1, 0.15) is 0 Å². The number of amides is 2. The monoisotopic (exact) mass is 359 g/mol. The highest BCUT2D eigenvalue weighted by atomic mass is 16.3. The summed E-state index contributed by atoms with van der Waals surface area (Å²) in [5.74, 6) is 0.474. The maximum atomic E-state index is 12.7. The van der Waals surface area contributed by atoms with Crippen molar-refractivity contribution in [1.29, 1.82) is 0 Å². The summed E-state index contributed by atoms with van der Waals surface area (Å²) < 4.78 is 0. The molecule has 2 aliphatic rings. The minimum Gasteiger partial charge on any atom is -0.396 e. The van der Waals surface area contributed by atoms with E-state index in [1.54, 1.807) is 18.3 Å². The maximum Gasteiger partial charge on any atom is 0.253 e. The summed E-state index contributed by atoms with van der Waals surface area (Å²) in [4.78, 5) is 31.0. The Bertz CT molecular complexity index is 602. The first-order valence-corrected chi connectivity index (χ1v) is 9.77. The van der Waals surface area contributed by atoms with Gasteiger partial charge in [-0.2, -0.15) is 0 Å². The van der Waals surface area contributed by atoms with Crippen molar-refractivity contribution in [3.63, 3.8) is 0 Å². The van der Waals surface area contributed by atoms with Crippen LogP contribution in [0.3, 0.4) is 0 Å². The molecule has 0 aromatic carbocycles. The third-order valence-corrected chi connectivity index (χ3v) is 5.77. The Labute approximate surface area is 155 Å². The van der Waals surface area contributed by atoms with Gasteiger partial charge in [0.2, 0.25) is 5.91 Å². The predicted octanol–water partition coefficient (Wildman–Crippen LogP) is 1.99. The Kier molecular flexibility index (Phi) is 6.61. The van der Waals surface area contributed by atoms with Crippen molar-refractivity contribution in [3.05, 3.63) is 30.1 Å². The Morgan fingerprint density at radius 3 is 2.73 bits per heavy atom. The van der Waals surface area contributed by atoms with E-state index < -0.39 is 0 Å². The molecule has 2 amide bonds. The lowest BCUT2D eigenvalue weighted by Crippen LogP contribution is -2.55. The van der Waals surface area contributed by atoms with Gasteiger partial charge in [-0.3, -0.25) is 14.6 Å². The van der Waals surface area contributed by atoms with Crippen LogP contribution in [0.25, 0.3) is 0 Å². The molecule has 0 radical (unpaired) electrons. The van der Waals surface area contributed by atoms with Gasteiger partial charge < -0.3 is 15.3 Å². The molecule has 1 aliphatic carbocycles. The molecular weight excluding hydrogens is 330 g/mol. The quantitative estimate of drug-likeness (QED) is 0.842. The van der Waals surface area contributed by atoms with Gasteiger partial charge in [-0.1, -0.05) is 19.3 Å². The van der Waals surface area contributed by atoms with Crippen LogP contribution < -0.4 is 5.32 Å².